The van der Waals surface area contributed by atoms with E-state index >= 15 is 0 Å². The van der Waals surface area contributed by atoms with E-state index in [1.165, 1.54) is 12.1 Å². The van der Waals surface area contributed by atoms with Crippen molar-refractivity contribution < 1.29 is 32.2 Å². The van der Waals surface area contributed by atoms with Gasteiger partial charge in [-0.1, -0.05) is 31.2 Å². The molecule has 0 radical (unpaired) electrons. The molecule has 1 aliphatic rings. The molecule has 184 valence electrons. The lowest BCUT2D eigenvalue weighted by atomic mass is 9.93. The summed E-state index contributed by atoms with van der Waals surface area (Å²) >= 11 is 1.76. The Balaban J connectivity index is 1.52. The van der Waals surface area contributed by atoms with Gasteiger partial charge in [-0.05, 0) is 67.6 Å². The van der Waals surface area contributed by atoms with E-state index in [1.54, 1.807) is 18.7 Å². The summed E-state index contributed by atoms with van der Waals surface area (Å²) in [5, 5.41) is 0.287. The highest BCUT2D eigenvalue weighted by Crippen LogP contribution is 2.36. The third kappa shape index (κ3) is 7.53. The molecular formula is C26H29F3O4S. The molecule has 0 spiro atoms. The minimum absolute atomic E-state index is 0.0436. The van der Waals surface area contributed by atoms with Crippen molar-refractivity contribution in [2.45, 2.75) is 56.2 Å². The molecule has 0 aromatic heterocycles. The van der Waals surface area contributed by atoms with Gasteiger partial charge in [0.1, 0.15) is 19.0 Å². The zero-order valence-electron chi connectivity index (χ0n) is 19.4. The number of alkyl halides is 3. The molecule has 0 saturated heterocycles. The number of hydrogen-bond acceptors (Lipinski definition) is 5. The number of thioether (sulfide) groups is 1. The third-order valence-corrected chi connectivity index (χ3v) is 6.86. The molecule has 1 aliphatic carbocycles. The van der Waals surface area contributed by atoms with Gasteiger partial charge in [0.2, 0.25) is 0 Å². The molecule has 0 heterocycles. The van der Waals surface area contributed by atoms with Gasteiger partial charge in [-0.25, -0.2) is 4.79 Å². The molecule has 0 saturated carbocycles. The van der Waals surface area contributed by atoms with E-state index in [2.05, 4.69) is 13.0 Å². The van der Waals surface area contributed by atoms with Gasteiger partial charge in [0, 0.05) is 10.1 Å². The molecule has 8 heteroatoms. The van der Waals surface area contributed by atoms with Crippen LogP contribution in [-0.2, 0) is 27.1 Å². The predicted molar refractivity (Wildman–Crippen MR) is 126 cm³/mol. The third-order valence-electron chi connectivity index (χ3n) is 5.49. The molecule has 3 atom stereocenters. The quantitative estimate of drug-likeness (QED) is 0.290. The lowest BCUT2D eigenvalue weighted by Crippen LogP contribution is -2.29. The lowest BCUT2D eigenvalue weighted by Gasteiger charge is -2.29. The van der Waals surface area contributed by atoms with Crippen LogP contribution < -0.4 is 4.74 Å². The van der Waals surface area contributed by atoms with E-state index in [0.29, 0.717) is 17.9 Å². The highest BCUT2D eigenvalue weighted by Gasteiger charge is 2.30. The molecular weight excluding hydrogens is 465 g/mol. The van der Waals surface area contributed by atoms with Crippen molar-refractivity contribution in [3.05, 3.63) is 71.3 Å². The van der Waals surface area contributed by atoms with Crippen molar-refractivity contribution in [1.29, 1.82) is 0 Å². The highest BCUT2D eigenvalue weighted by molar-refractivity contribution is 8.00. The standard InChI is InChI=1S/C26H29F3O4S/c1-4-31-25(30)16-33-23-11-10-22(14-17(23)2)34-24-12-9-21(13-18(24)3)32-15-19-5-7-20(8-6-19)26(27,28)29/h5-13,17,22-23H,4,14-16H2,1-3H3. The minimum atomic E-state index is -4.34. The Morgan fingerprint density at radius 2 is 1.85 bits per heavy atom. The largest absolute Gasteiger partial charge is 0.489 e. The number of esters is 1. The molecule has 0 aliphatic heterocycles. The fourth-order valence-electron chi connectivity index (χ4n) is 3.64. The van der Waals surface area contributed by atoms with Crippen LogP contribution in [0.4, 0.5) is 13.2 Å². The van der Waals surface area contributed by atoms with Crippen LogP contribution in [0.5, 0.6) is 5.75 Å². The summed E-state index contributed by atoms with van der Waals surface area (Å²) in [5.41, 5.74) is 1.07. The van der Waals surface area contributed by atoms with Gasteiger partial charge < -0.3 is 14.2 Å². The van der Waals surface area contributed by atoms with Crippen molar-refractivity contribution in [2.24, 2.45) is 5.92 Å². The molecule has 0 amide bonds. The van der Waals surface area contributed by atoms with Crippen molar-refractivity contribution in [1.82, 2.24) is 0 Å². The van der Waals surface area contributed by atoms with Crippen LogP contribution in [0.3, 0.4) is 0 Å². The number of aryl methyl sites for hydroxylation is 1. The van der Waals surface area contributed by atoms with Gasteiger partial charge in [0.05, 0.1) is 18.3 Å². The molecule has 3 rings (SSSR count). The smallest absolute Gasteiger partial charge is 0.416 e. The van der Waals surface area contributed by atoms with Crippen molar-refractivity contribution in [3.63, 3.8) is 0 Å². The van der Waals surface area contributed by atoms with E-state index in [4.69, 9.17) is 14.2 Å². The van der Waals surface area contributed by atoms with Gasteiger partial charge in [0.25, 0.3) is 0 Å². The summed E-state index contributed by atoms with van der Waals surface area (Å²) in [7, 11) is 0. The number of rotatable bonds is 9. The summed E-state index contributed by atoms with van der Waals surface area (Å²) in [5.74, 6) is 0.584. The van der Waals surface area contributed by atoms with E-state index in [1.807, 2.05) is 31.2 Å². The summed E-state index contributed by atoms with van der Waals surface area (Å²) in [6.45, 7) is 6.38. The maximum Gasteiger partial charge on any atom is 0.416 e. The van der Waals surface area contributed by atoms with Crippen LogP contribution in [0.15, 0.2) is 59.5 Å². The number of carbonyl (C=O) groups excluding carboxylic acids is 1. The van der Waals surface area contributed by atoms with Gasteiger partial charge in [-0.3, -0.25) is 0 Å². The molecule has 2 aromatic rings. The van der Waals surface area contributed by atoms with Crippen LogP contribution in [-0.4, -0.2) is 30.5 Å². The average molecular weight is 495 g/mol. The molecule has 2 aromatic carbocycles. The Morgan fingerprint density at radius 3 is 2.47 bits per heavy atom. The zero-order chi connectivity index (χ0) is 24.7. The first kappa shape index (κ1) is 26.2. The van der Waals surface area contributed by atoms with E-state index in [-0.39, 0.29) is 36.5 Å². The number of carbonyl (C=O) groups is 1. The highest BCUT2D eigenvalue weighted by atomic mass is 32.2. The Morgan fingerprint density at radius 1 is 1.12 bits per heavy atom. The number of hydrogen-bond donors (Lipinski definition) is 0. The Kier molecular flexibility index (Phi) is 9.08. The van der Waals surface area contributed by atoms with Crippen LogP contribution in [0, 0.1) is 12.8 Å². The van der Waals surface area contributed by atoms with Crippen molar-refractivity contribution in [3.8, 4) is 5.75 Å². The molecule has 0 N–H and O–H groups in total. The maximum absolute atomic E-state index is 12.7. The molecule has 4 nitrogen and oxygen atoms in total. The predicted octanol–water partition coefficient (Wildman–Crippen LogP) is 6.60. The fourth-order valence-corrected chi connectivity index (χ4v) is 4.93. The summed E-state index contributed by atoms with van der Waals surface area (Å²) in [4.78, 5) is 12.6. The SMILES string of the molecule is CCOC(=O)COC1C=CC(Sc2ccc(OCc3ccc(C(F)(F)F)cc3)cc2C)CC1C. The topological polar surface area (TPSA) is 44.8 Å². The number of benzene rings is 2. The Hall–Kier alpha value is -2.45. The maximum atomic E-state index is 12.7. The van der Waals surface area contributed by atoms with Crippen molar-refractivity contribution in [2.75, 3.05) is 13.2 Å². The number of halogens is 3. The fraction of sp³-hybridized carbons (Fsp3) is 0.423. The van der Waals surface area contributed by atoms with Crippen LogP contribution in [0.25, 0.3) is 0 Å². The first-order valence-corrected chi connectivity index (χ1v) is 12.1. The first-order chi connectivity index (χ1) is 16.2. The van der Waals surface area contributed by atoms with Crippen LogP contribution in [0.1, 0.15) is 37.0 Å². The monoisotopic (exact) mass is 494 g/mol. The van der Waals surface area contributed by atoms with E-state index < -0.39 is 11.7 Å². The lowest BCUT2D eigenvalue weighted by molar-refractivity contribution is -0.150. The van der Waals surface area contributed by atoms with Gasteiger partial charge in [-0.2, -0.15) is 13.2 Å². The molecule has 34 heavy (non-hydrogen) atoms. The van der Waals surface area contributed by atoms with E-state index in [9.17, 15) is 18.0 Å². The Labute approximate surface area is 202 Å². The average Bonchev–Trinajstić information content (AvgIpc) is 2.78. The Bertz CT molecular complexity index is 989. The summed E-state index contributed by atoms with van der Waals surface area (Å²) < 4.78 is 54.4. The second kappa shape index (κ2) is 11.8. The normalized spacial score (nSPS) is 20.2. The first-order valence-electron chi connectivity index (χ1n) is 11.2. The molecule has 3 unspecified atom stereocenters. The van der Waals surface area contributed by atoms with Crippen molar-refractivity contribution >= 4 is 17.7 Å². The minimum Gasteiger partial charge on any atom is -0.489 e. The summed E-state index contributed by atoms with van der Waals surface area (Å²) in [6.07, 6.45) is 0.603. The number of ether oxygens (including phenoxy) is 3. The second-order valence-electron chi connectivity index (χ2n) is 8.25. The molecule has 0 bridgehead atoms. The van der Waals surface area contributed by atoms with Gasteiger partial charge in [-0.15, -0.1) is 11.8 Å². The zero-order valence-corrected chi connectivity index (χ0v) is 20.2. The van der Waals surface area contributed by atoms with Gasteiger partial charge in [0.15, 0.2) is 0 Å². The second-order valence-corrected chi connectivity index (χ2v) is 9.53. The van der Waals surface area contributed by atoms with Crippen LogP contribution >= 0.6 is 11.8 Å². The van der Waals surface area contributed by atoms with Gasteiger partial charge >= 0.3 is 12.1 Å². The van der Waals surface area contributed by atoms with E-state index in [0.717, 1.165) is 29.0 Å². The summed E-state index contributed by atoms with van der Waals surface area (Å²) in [6, 6.07) is 10.8. The molecule has 0 fully saturated rings. The van der Waals surface area contributed by atoms with Crippen LogP contribution in [0.2, 0.25) is 0 Å².